The molecule has 3 heterocycles. The van der Waals surface area contributed by atoms with Gasteiger partial charge >= 0.3 is 0 Å². The molecule has 0 saturated carbocycles. The fourth-order valence-corrected chi connectivity index (χ4v) is 4.07. The average Bonchev–Trinajstić information content (AvgIpc) is 3.43. The summed E-state index contributed by atoms with van der Waals surface area (Å²) in [5, 5.41) is 15.6. The Morgan fingerprint density at radius 3 is 2.88 bits per heavy atom. The van der Waals surface area contributed by atoms with Gasteiger partial charge in [0.1, 0.15) is 11.5 Å². The number of benzene rings is 1. The molecule has 168 valence electrons. The number of hydrogen-bond acceptors (Lipinski definition) is 6. The summed E-state index contributed by atoms with van der Waals surface area (Å²) in [7, 11) is 0. The number of aromatic nitrogens is 2. The molecule has 8 nitrogen and oxygen atoms in total. The highest BCUT2D eigenvalue weighted by molar-refractivity contribution is 7.13. The van der Waals surface area contributed by atoms with E-state index in [4.69, 9.17) is 4.74 Å². The van der Waals surface area contributed by atoms with Gasteiger partial charge in [0, 0.05) is 18.5 Å². The second-order valence-electron chi connectivity index (χ2n) is 7.80. The molecule has 2 amide bonds. The third kappa shape index (κ3) is 4.97. The third-order valence-corrected chi connectivity index (χ3v) is 5.99. The molecule has 1 aliphatic heterocycles. The van der Waals surface area contributed by atoms with Gasteiger partial charge in [-0.25, -0.2) is 9.07 Å². The van der Waals surface area contributed by atoms with Crippen molar-refractivity contribution in [2.45, 2.75) is 32.6 Å². The Kier molecular flexibility index (Phi) is 6.52. The van der Waals surface area contributed by atoms with Crippen LogP contribution in [0.2, 0.25) is 0 Å². The molecule has 10 heteroatoms. The minimum Gasteiger partial charge on any atom is -0.481 e. The van der Waals surface area contributed by atoms with Crippen molar-refractivity contribution in [3.05, 3.63) is 53.7 Å². The number of halogens is 1. The van der Waals surface area contributed by atoms with Crippen LogP contribution in [0.15, 0.2) is 47.8 Å². The minimum absolute atomic E-state index is 0.00332. The predicted octanol–water partition coefficient (Wildman–Crippen LogP) is 3.36. The molecule has 0 spiro atoms. The van der Waals surface area contributed by atoms with E-state index >= 15 is 0 Å². The molecule has 1 saturated heterocycles. The molecule has 3 aromatic rings. The van der Waals surface area contributed by atoms with Gasteiger partial charge in [-0.1, -0.05) is 32.0 Å². The number of para-hydroxylation sites is 1. The van der Waals surface area contributed by atoms with Crippen molar-refractivity contribution in [1.82, 2.24) is 20.4 Å². The SMILES string of the molecule is CC(C)C1CC(=O)NC(n2nc(-c3cccs3)cc2NC(=O)COc2ccccc2F)N1. The van der Waals surface area contributed by atoms with Crippen LogP contribution in [0, 0.1) is 11.7 Å². The normalized spacial score (nSPS) is 18.4. The van der Waals surface area contributed by atoms with Crippen LogP contribution >= 0.6 is 11.3 Å². The number of thiophene rings is 1. The van der Waals surface area contributed by atoms with E-state index in [1.54, 1.807) is 22.9 Å². The Morgan fingerprint density at radius 2 is 2.16 bits per heavy atom. The molecule has 3 N–H and O–H groups in total. The first-order valence-corrected chi connectivity index (χ1v) is 11.1. The number of anilines is 1. The number of nitrogens with zero attached hydrogens (tertiary/aromatic N) is 2. The summed E-state index contributed by atoms with van der Waals surface area (Å²) in [6.07, 6.45) is -0.258. The second kappa shape index (κ2) is 9.49. The van der Waals surface area contributed by atoms with Crippen molar-refractivity contribution in [2.24, 2.45) is 5.92 Å². The first-order valence-electron chi connectivity index (χ1n) is 10.3. The van der Waals surface area contributed by atoms with Crippen LogP contribution in [0.5, 0.6) is 5.75 Å². The van der Waals surface area contributed by atoms with Crippen LogP contribution in [-0.2, 0) is 9.59 Å². The van der Waals surface area contributed by atoms with E-state index in [1.165, 1.54) is 23.5 Å². The van der Waals surface area contributed by atoms with Crippen LogP contribution in [0.3, 0.4) is 0 Å². The van der Waals surface area contributed by atoms with Gasteiger partial charge in [-0.2, -0.15) is 5.10 Å². The van der Waals surface area contributed by atoms with Gasteiger partial charge in [0.15, 0.2) is 24.5 Å². The maximum atomic E-state index is 13.8. The Morgan fingerprint density at radius 1 is 1.34 bits per heavy atom. The van der Waals surface area contributed by atoms with Gasteiger partial charge in [-0.15, -0.1) is 11.3 Å². The smallest absolute Gasteiger partial charge is 0.263 e. The first kappa shape index (κ1) is 22.0. The van der Waals surface area contributed by atoms with Gasteiger partial charge in [-0.05, 0) is 29.5 Å². The van der Waals surface area contributed by atoms with Crippen LogP contribution in [0.1, 0.15) is 26.6 Å². The van der Waals surface area contributed by atoms with E-state index in [2.05, 4.69) is 21.0 Å². The van der Waals surface area contributed by atoms with E-state index in [9.17, 15) is 14.0 Å². The molecule has 4 rings (SSSR count). The number of carbonyl (C=O) groups excluding carboxylic acids is 2. The molecular weight excluding hydrogens is 433 g/mol. The highest BCUT2D eigenvalue weighted by Crippen LogP contribution is 2.28. The molecule has 1 aliphatic rings. The van der Waals surface area contributed by atoms with Crippen molar-refractivity contribution in [1.29, 1.82) is 0 Å². The minimum atomic E-state index is -0.625. The predicted molar refractivity (Wildman–Crippen MR) is 120 cm³/mol. The Bertz CT molecular complexity index is 1100. The fourth-order valence-electron chi connectivity index (χ4n) is 3.39. The van der Waals surface area contributed by atoms with Gasteiger partial charge in [0.25, 0.3) is 5.91 Å². The van der Waals surface area contributed by atoms with Crippen molar-refractivity contribution >= 4 is 29.0 Å². The van der Waals surface area contributed by atoms with E-state index in [1.807, 2.05) is 31.4 Å². The van der Waals surface area contributed by atoms with Crippen LogP contribution in [-0.4, -0.2) is 34.2 Å². The van der Waals surface area contributed by atoms with E-state index in [0.717, 1.165) is 4.88 Å². The molecule has 0 radical (unpaired) electrons. The zero-order valence-electron chi connectivity index (χ0n) is 17.7. The Hall–Kier alpha value is -3.24. The van der Waals surface area contributed by atoms with Crippen molar-refractivity contribution in [2.75, 3.05) is 11.9 Å². The molecule has 2 unspecified atom stereocenters. The third-order valence-electron chi connectivity index (χ3n) is 5.10. The van der Waals surface area contributed by atoms with Gasteiger partial charge in [0.2, 0.25) is 5.91 Å². The van der Waals surface area contributed by atoms with Crippen LogP contribution < -0.4 is 20.7 Å². The lowest BCUT2D eigenvalue weighted by Crippen LogP contribution is -2.55. The number of amides is 2. The number of hydrogen-bond donors (Lipinski definition) is 3. The number of carbonyl (C=O) groups is 2. The maximum Gasteiger partial charge on any atom is 0.263 e. The van der Waals surface area contributed by atoms with Crippen molar-refractivity contribution in [3.63, 3.8) is 0 Å². The topological polar surface area (TPSA) is 97.3 Å². The van der Waals surface area contributed by atoms with Gasteiger partial charge in [-0.3, -0.25) is 14.9 Å². The lowest BCUT2D eigenvalue weighted by Gasteiger charge is -2.34. The first-order chi connectivity index (χ1) is 15.4. The van der Waals surface area contributed by atoms with Crippen molar-refractivity contribution in [3.8, 4) is 16.3 Å². The number of rotatable bonds is 7. The molecule has 2 atom stereocenters. The molecule has 1 aromatic carbocycles. The molecule has 0 bridgehead atoms. The standard InChI is InChI=1S/C22H24FN5O3S/c1-13(2)15-11-20(29)26-22(24-15)28-19(10-16(27-28)18-8-5-9-32-18)25-21(30)12-31-17-7-4-3-6-14(17)23/h3-10,13,15,22,24H,11-12H2,1-2H3,(H,25,30)(H,26,29). The van der Waals surface area contributed by atoms with E-state index in [0.29, 0.717) is 17.9 Å². The Labute approximate surface area is 188 Å². The summed E-state index contributed by atoms with van der Waals surface area (Å²) in [5.41, 5.74) is 0.660. The lowest BCUT2D eigenvalue weighted by molar-refractivity contribution is -0.126. The summed E-state index contributed by atoms with van der Waals surface area (Å²) >= 11 is 1.52. The number of nitrogens with one attached hydrogen (secondary N) is 3. The van der Waals surface area contributed by atoms with Crippen LogP contribution in [0.25, 0.3) is 10.6 Å². The van der Waals surface area contributed by atoms with Gasteiger partial charge in [0.05, 0.1) is 4.88 Å². The maximum absolute atomic E-state index is 13.8. The van der Waals surface area contributed by atoms with Crippen LogP contribution in [0.4, 0.5) is 10.2 Å². The Balaban J connectivity index is 1.55. The summed E-state index contributed by atoms with van der Waals surface area (Å²) in [6.45, 7) is 3.70. The quantitative estimate of drug-likeness (QED) is 0.506. The summed E-state index contributed by atoms with van der Waals surface area (Å²) in [6, 6.07) is 11.4. The summed E-state index contributed by atoms with van der Waals surface area (Å²) < 4.78 is 20.6. The molecule has 32 heavy (non-hydrogen) atoms. The summed E-state index contributed by atoms with van der Waals surface area (Å²) in [4.78, 5) is 25.8. The lowest BCUT2D eigenvalue weighted by atomic mass is 9.99. The van der Waals surface area contributed by atoms with Crippen molar-refractivity contribution < 1.29 is 18.7 Å². The highest BCUT2D eigenvalue weighted by atomic mass is 32.1. The molecular formula is C22H24FN5O3S. The number of ether oxygens (including phenoxy) is 1. The monoisotopic (exact) mass is 457 g/mol. The fraction of sp³-hybridized carbons (Fsp3) is 0.318. The molecule has 0 aliphatic carbocycles. The second-order valence-corrected chi connectivity index (χ2v) is 8.74. The van der Waals surface area contributed by atoms with Gasteiger partial charge < -0.3 is 15.4 Å². The van der Waals surface area contributed by atoms with E-state index in [-0.39, 0.29) is 30.2 Å². The average molecular weight is 458 g/mol. The zero-order valence-corrected chi connectivity index (χ0v) is 18.5. The largest absolute Gasteiger partial charge is 0.481 e. The van der Waals surface area contributed by atoms with E-state index < -0.39 is 18.0 Å². The summed E-state index contributed by atoms with van der Waals surface area (Å²) in [5.74, 6) is -0.494. The molecule has 1 fully saturated rings. The molecule has 2 aromatic heterocycles. The zero-order chi connectivity index (χ0) is 22.7. The highest BCUT2D eigenvalue weighted by Gasteiger charge is 2.31.